The predicted octanol–water partition coefficient (Wildman–Crippen LogP) is 3.59. The van der Waals surface area contributed by atoms with Gasteiger partial charge in [0.15, 0.2) is 0 Å². The van der Waals surface area contributed by atoms with Gasteiger partial charge in [0.25, 0.3) is 0 Å². The van der Waals surface area contributed by atoms with Crippen LogP contribution in [0.1, 0.15) is 30.1 Å². The number of nitrogens with one attached hydrogen (secondary N) is 1. The molecule has 23 heavy (non-hydrogen) atoms. The molecule has 2 rings (SSSR count). The van der Waals surface area contributed by atoms with Gasteiger partial charge >= 0.3 is 0 Å². The van der Waals surface area contributed by atoms with Gasteiger partial charge < -0.3 is 15.2 Å². The molecule has 0 heterocycles. The van der Waals surface area contributed by atoms with Crippen LogP contribution in [0.15, 0.2) is 52.3 Å². The molecule has 120 valence electrons. The average Bonchev–Trinajstić information content (AvgIpc) is 2.51. The van der Waals surface area contributed by atoms with E-state index in [-0.39, 0.29) is 11.5 Å². The second-order valence-electron chi connectivity index (χ2n) is 4.85. The Morgan fingerprint density at radius 2 is 1.87 bits per heavy atom. The SMILES string of the molecule is CCCC(=O)Nc1cc(C(=O)[O-])ccc1Sc1ccc(Cl)cc1. The molecule has 1 N–H and O–H groups in total. The third-order valence-corrected chi connectivity index (χ3v) is 4.34. The maximum absolute atomic E-state index is 11.8. The molecule has 0 aliphatic rings. The summed E-state index contributed by atoms with van der Waals surface area (Å²) in [5.74, 6) is -1.43. The van der Waals surface area contributed by atoms with Crippen molar-refractivity contribution in [1.29, 1.82) is 0 Å². The molecule has 0 saturated carbocycles. The zero-order valence-corrected chi connectivity index (χ0v) is 14.0. The van der Waals surface area contributed by atoms with E-state index in [9.17, 15) is 14.7 Å². The lowest BCUT2D eigenvalue weighted by Gasteiger charge is -2.13. The van der Waals surface area contributed by atoms with Crippen molar-refractivity contribution in [2.75, 3.05) is 5.32 Å². The van der Waals surface area contributed by atoms with Gasteiger partial charge in [-0.2, -0.15) is 0 Å². The van der Waals surface area contributed by atoms with Crippen LogP contribution in [0.4, 0.5) is 5.69 Å². The Morgan fingerprint density at radius 3 is 2.48 bits per heavy atom. The lowest BCUT2D eigenvalue weighted by molar-refractivity contribution is -0.255. The van der Waals surface area contributed by atoms with Crippen molar-refractivity contribution in [3.8, 4) is 0 Å². The lowest BCUT2D eigenvalue weighted by Crippen LogP contribution is -2.22. The van der Waals surface area contributed by atoms with E-state index in [4.69, 9.17) is 11.6 Å². The van der Waals surface area contributed by atoms with Gasteiger partial charge in [0.2, 0.25) is 5.91 Å². The van der Waals surface area contributed by atoms with Crippen molar-refractivity contribution >= 4 is 40.9 Å². The minimum atomic E-state index is -1.28. The first kappa shape index (κ1) is 17.4. The Labute approximate surface area is 143 Å². The number of benzene rings is 2. The summed E-state index contributed by atoms with van der Waals surface area (Å²) in [6.07, 6.45) is 1.09. The van der Waals surface area contributed by atoms with Crippen molar-refractivity contribution in [3.05, 3.63) is 53.1 Å². The molecule has 0 aromatic heterocycles. The fourth-order valence-corrected chi connectivity index (χ4v) is 2.92. The smallest absolute Gasteiger partial charge is 0.224 e. The first-order valence-corrected chi connectivity index (χ1v) is 8.27. The molecule has 0 bridgehead atoms. The monoisotopic (exact) mass is 348 g/mol. The normalized spacial score (nSPS) is 10.3. The van der Waals surface area contributed by atoms with E-state index in [0.717, 1.165) is 9.79 Å². The quantitative estimate of drug-likeness (QED) is 0.866. The number of aromatic carboxylic acids is 1. The maximum Gasteiger partial charge on any atom is 0.224 e. The fraction of sp³-hybridized carbons (Fsp3) is 0.176. The van der Waals surface area contributed by atoms with Gasteiger partial charge in [-0.25, -0.2) is 0 Å². The van der Waals surface area contributed by atoms with Crippen molar-refractivity contribution < 1.29 is 14.7 Å². The zero-order valence-electron chi connectivity index (χ0n) is 12.5. The molecule has 4 nitrogen and oxygen atoms in total. The average molecular weight is 349 g/mol. The first-order chi connectivity index (χ1) is 11.0. The standard InChI is InChI=1S/C17H16ClNO3S/c1-2-3-16(20)19-14-10-11(17(21)22)4-9-15(14)23-13-7-5-12(18)6-8-13/h4-10H,2-3H2,1H3,(H,19,20)(H,21,22)/p-1. The summed E-state index contributed by atoms with van der Waals surface area (Å²) in [6, 6.07) is 11.8. The zero-order chi connectivity index (χ0) is 16.8. The lowest BCUT2D eigenvalue weighted by atomic mass is 10.2. The molecular weight excluding hydrogens is 334 g/mol. The molecule has 0 spiro atoms. The molecule has 0 saturated heterocycles. The predicted molar refractivity (Wildman–Crippen MR) is 89.9 cm³/mol. The van der Waals surface area contributed by atoms with Crippen LogP contribution in [0.2, 0.25) is 5.02 Å². The molecule has 0 aliphatic heterocycles. The summed E-state index contributed by atoms with van der Waals surface area (Å²) in [6.45, 7) is 1.90. The molecule has 0 unspecified atom stereocenters. The number of amides is 1. The largest absolute Gasteiger partial charge is 0.545 e. The summed E-state index contributed by atoms with van der Waals surface area (Å²) in [5.41, 5.74) is 0.488. The van der Waals surface area contributed by atoms with Crippen molar-refractivity contribution in [2.24, 2.45) is 0 Å². The van der Waals surface area contributed by atoms with Crippen molar-refractivity contribution in [1.82, 2.24) is 0 Å². The summed E-state index contributed by atoms with van der Waals surface area (Å²) in [5, 5.41) is 14.4. The van der Waals surface area contributed by atoms with Gasteiger partial charge in [-0.3, -0.25) is 4.79 Å². The number of carboxylic acids is 1. The molecule has 0 fully saturated rings. The van der Waals surface area contributed by atoms with E-state index < -0.39 is 5.97 Å². The molecule has 6 heteroatoms. The summed E-state index contributed by atoms with van der Waals surface area (Å²) in [4.78, 5) is 24.6. The van der Waals surface area contributed by atoms with E-state index >= 15 is 0 Å². The van der Waals surface area contributed by atoms with Crippen molar-refractivity contribution in [2.45, 2.75) is 29.6 Å². The Kier molecular flexibility index (Phi) is 6.07. The molecule has 0 radical (unpaired) electrons. The van der Waals surface area contributed by atoms with E-state index in [0.29, 0.717) is 23.6 Å². The van der Waals surface area contributed by atoms with Crippen LogP contribution in [-0.2, 0) is 4.79 Å². The van der Waals surface area contributed by atoms with Crippen LogP contribution < -0.4 is 10.4 Å². The molecule has 2 aromatic carbocycles. The number of rotatable bonds is 6. The van der Waals surface area contributed by atoms with Crippen LogP contribution in [0.25, 0.3) is 0 Å². The van der Waals surface area contributed by atoms with Crippen LogP contribution in [0, 0.1) is 0 Å². The molecular formula is C17H15ClNO3S-. The Hall–Kier alpha value is -1.98. The number of hydrogen-bond acceptors (Lipinski definition) is 4. The number of hydrogen-bond donors (Lipinski definition) is 1. The highest BCUT2D eigenvalue weighted by Crippen LogP contribution is 2.34. The van der Waals surface area contributed by atoms with Crippen LogP contribution in [-0.4, -0.2) is 11.9 Å². The molecule has 0 aliphatic carbocycles. The molecule has 0 atom stereocenters. The van der Waals surface area contributed by atoms with Crippen LogP contribution >= 0.6 is 23.4 Å². The highest BCUT2D eigenvalue weighted by Gasteiger charge is 2.10. The number of carbonyl (C=O) groups is 2. The summed E-state index contributed by atoms with van der Waals surface area (Å²) < 4.78 is 0. The van der Waals surface area contributed by atoms with Gasteiger partial charge in [-0.1, -0.05) is 36.4 Å². The fourth-order valence-electron chi connectivity index (χ4n) is 1.91. The van der Waals surface area contributed by atoms with Gasteiger partial charge in [-0.15, -0.1) is 0 Å². The van der Waals surface area contributed by atoms with E-state index in [1.165, 1.54) is 23.9 Å². The second kappa shape index (κ2) is 8.04. The topological polar surface area (TPSA) is 69.2 Å². The minimum Gasteiger partial charge on any atom is -0.545 e. The minimum absolute atomic E-state index is 0.0252. The Bertz CT molecular complexity index is 716. The number of halogens is 1. The third-order valence-electron chi connectivity index (χ3n) is 3.01. The van der Waals surface area contributed by atoms with Crippen LogP contribution in [0.5, 0.6) is 0 Å². The highest BCUT2D eigenvalue weighted by molar-refractivity contribution is 7.99. The Balaban J connectivity index is 2.30. The summed E-state index contributed by atoms with van der Waals surface area (Å²) in [7, 11) is 0. The molecule has 2 aromatic rings. The Morgan fingerprint density at radius 1 is 1.17 bits per heavy atom. The number of anilines is 1. The van der Waals surface area contributed by atoms with Gasteiger partial charge in [0, 0.05) is 21.2 Å². The third kappa shape index (κ3) is 5.01. The van der Waals surface area contributed by atoms with E-state index in [2.05, 4.69) is 5.32 Å². The number of carbonyl (C=O) groups excluding carboxylic acids is 2. The highest BCUT2D eigenvalue weighted by atomic mass is 35.5. The van der Waals surface area contributed by atoms with Gasteiger partial charge in [0.05, 0.1) is 11.7 Å². The van der Waals surface area contributed by atoms with E-state index in [1.807, 2.05) is 19.1 Å². The van der Waals surface area contributed by atoms with Gasteiger partial charge in [-0.05, 0) is 48.4 Å². The first-order valence-electron chi connectivity index (χ1n) is 7.08. The van der Waals surface area contributed by atoms with E-state index in [1.54, 1.807) is 18.2 Å². The maximum atomic E-state index is 11.8. The second-order valence-corrected chi connectivity index (χ2v) is 6.40. The van der Waals surface area contributed by atoms with Gasteiger partial charge in [0.1, 0.15) is 0 Å². The number of carboxylic acid groups (broad SMARTS) is 1. The molecule has 1 amide bonds. The van der Waals surface area contributed by atoms with Crippen molar-refractivity contribution in [3.63, 3.8) is 0 Å². The van der Waals surface area contributed by atoms with Crippen LogP contribution in [0.3, 0.4) is 0 Å². The summed E-state index contributed by atoms with van der Waals surface area (Å²) >= 11 is 7.28.